The monoisotopic (exact) mass is 317 g/mol. The molecule has 2 nitrogen and oxygen atoms in total. The Morgan fingerprint density at radius 3 is 2.47 bits per heavy atom. The summed E-state index contributed by atoms with van der Waals surface area (Å²) in [5.74, 6) is -0.0723. The second kappa shape index (κ2) is 5.57. The van der Waals surface area contributed by atoms with Crippen molar-refractivity contribution in [3.05, 3.63) is 63.1 Å². The van der Waals surface area contributed by atoms with Crippen LogP contribution in [-0.4, -0.2) is 5.91 Å². The van der Waals surface area contributed by atoms with E-state index in [2.05, 4.69) is 21.2 Å². The summed E-state index contributed by atoms with van der Waals surface area (Å²) < 4.78 is 0.992. The van der Waals surface area contributed by atoms with Crippen molar-refractivity contribution in [3.63, 3.8) is 0 Å². The molecule has 0 atom stereocenters. The van der Waals surface area contributed by atoms with Crippen LogP contribution in [0.4, 0.5) is 5.69 Å². The lowest BCUT2D eigenvalue weighted by molar-refractivity contribution is 0.102. The van der Waals surface area contributed by atoms with E-state index in [-0.39, 0.29) is 5.91 Å². The average Bonchev–Trinajstić information content (AvgIpc) is 2.37. The number of amides is 1. The average molecular weight is 318 g/mol. The Hall–Kier alpha value is -1.61. The minimum Gasteiger partial charge on any atom is -0.322 e. The predicted octanol–water partition coefficient (Wildman–Crippen LogP) is 4.63. The van der Waals surface area contributed by atoms with Crippen LogP contribution in [0.5, 0.6) is 0 Å². The highest BCUT2D eigenvalue weighted by Crippen LogP contribution is 2.22. The molecule has 0 saturated carbocycles. The van der Waals surface area contributed by atoms with E-state index in [1.165, 1.54) is 0 Å². The van der Waals surface area contributed by atoms with Crippen molar-refractivity contribution in [1.82, 2.24) is 0 Å². The fourth-order valence-corrected chi connectivity index (χ4v) is 2.24. The smallest absolute Gasteiger partial charge is 0.255 e. The molecule has 3 heteroatoms. The number of carbonyl (C=O) groups is 1. The summed E-state index contributed by atoms with van der Waals surface area (Å²) >= 11 is 3.47. The third kappa shape index (κ3) is 3.04. The summed E-state index contributed by atoms with van der Waals surface area (Å²) in [6.45, 7) is 5.99. The molecule has 0 unspecified atom stereocenters. The van der Waals surface area contributed by atoms with Gasteiger partial charge in [-0.15, -0.1) is 0 Å². The predicted molar refractivity (Wildman–Crippen MR) is 82.7 cm³/mol. The largest absolute Gasteiger partial charge is 0.322 e. The summed E-state index contributed by atoms with van der Waals surface area (Å²) in [5.41, 5.74) is 4.80. The zero-order valence-electron chi connectivity index (χ0n) is 11.3. The van der Waals surface area contributed by atoms with Gasteiger partial charge in [-0.3, -0.25) is 4.79 Å². The lowest BCUT2D eigenvalue weighted by Gasteiger charge is -2.10. The molecule has 0 radical (unpaired) electrons. The van der Waals surface area contributed by atoms with Gasteiger partial charge in [0.05, 0.1) is 0 Å². The third-order valence-corrected chi connectivity index (χ3v) is 4.13. The van der Waals surface area contributed by atoms with Gasteiger partial charge in [-0.05, 0) is 55.7 Å². The second-order valence-electron chi connectivity index (χ2n) is 4.67. The van der Waals surface area contributed by atoms with E-state index in [1.807, 2.05) is 57.2 Å². The summed E-state index contributed by atoms with van der Waals surface area (Å²) in [5, 5.41) is 2.93. The van der Waals surface area contributed by atoms with E-state index < -0.39 is 0 Å². The molecule has 0 aliphatic heterocycles. The van der Waals surface area contributed by atoms with Crippen molar-refractivity contribution in [2.24, 2.45) is 0 Å². The van der Waals surface area contributed by atoms with Crippen LogP contribution in [-0.2, 0) is 0 Å². The Morgan fingerprint density at radius 2 is 1.79 bits per heavy atom. The molecule has 0 aliphatic carbocycles. The summed E-state index contributed by atoms with van der Waals surface area (Å²) in [6, 6.07) is 11.6. The molecule has 98 valence electrons. The number of rotatable bonds is 2. The SMILES string of the molecule is Cc1ccc(NC(=O)c2cccc(C)c2C)cc1Br. The molecule has 0 spiro atoms. The molecular formula is C16H16BrNO. The Kier molecular flexibility index (Phi) is 4.05. The van der Waals surface area contributed by atoms with Crippen molar-refractivity contribution in [3.8, 4) is 0 Å². The first-order valence-electron chi connectivity index (χ1n) is 6.13. The highest BCUT2D eigenvalue weighted by Gasteiger charge is 2.10. The summed E-state index contributed by atoms with van der Waals surface area (Å²) in [6.07, 6.45) is 0. The number of carbonyl (C=O) groups excluding carboxylic acids is 1. The molecule has 0 fully saturated rings. The highest BCUT2D eigenvalue weighted by atomic mass is 79.9. The van der Waals surface area contributed by atoms with Crippen molar-refractivity contribution < 1.29 is 4.79 Å². The Morgan fingerprint density at radius 1 is 1.05 bits per heavy atom. The van der Waals surface area contributed by atoms with Gasteiger partial charge < -0.3 is 5.32 Å². The normalized spacial score (nSPS) is 10.3. The zero-order valence-corrected chi connectivity index (χ0v) is 12.8. The van der Waals surface area contributed by atoms with Crippen molar-refractivity contribution in [1.29, 1.82) is 0 Å². The van der Waals surface area contributed by atoms with E-state index in [4.69, 9.17) is 0 Å². The molecule has 1 N–H and O–H groups in total. The van der Waals surface area contributed by atoms with Crippen molar-refractivity contribution in [2.75, 3.05) is 5.32 Å². The number of hydrogen-bond donors (Lipinski definition) is 1. The van der Waals surface area contributed by atoms with E-state index in [1.54, 1.807) is 0 Å². The molecular weight excluding hydrogens is 302 g/mol. The van der Waals surface area contributed by atoms with Gasteiger partial charge >= 0.3 is 0 Å². The van der Waals surface area contributed by atoms with Crippen LogP contribution in [0.1, 0.15) is 27.0 Å². The molecule has 2 rings (SSSR count). The number of anilines is 1. The Labute approximate surface area is 122 Å². The number of aryl methyl sites for hydroxylation is 2. The van der Waals surface area contributed by atoms with E-state index in [0.29, 0.717) is 0 Å². The second-order valence-corrected chi connectivity index (χ2v) is 5.52. The van der Waals surface area contributed by atoms with Crippen LogP contribution in [0.3, 0.4) is 0 Å². The lowest BCUT2D eigenvalue weighted by Crippen LogP contribution is -2.13. The minimum atomic E-state index is -0.0723. The van der Waals surface area contributed by atoms with Gasteiger partial charge in [0, 0.05) is 15.7 Å². The maximum absolute atomic E-state index is 12.3. The number of benzene rings is 2. The maximum Gasteiger partial charge on any atom is 0.255 e. The van der Waals surface area contributed by atoms with Crippen LogP contribution in [0.2, 0.25) is 0 Å². The molecule has 0 saturated heterocycles. The summed E-state index contributed by atoms with van der Waals surface area (Å²) in [7, 11) is 0. The van der Waals surface area contributed by atoms with Gasteiger partial charge in [0.25, 0.3) is 5.91 Å². The lowest BCUT2D eigenvalue weighted by atomic mass is 10.0. The van der Waals surface area contributed by atoms with Gasteiger partial charge in [-0.2, -0.15) is 0 Å². The third-order valence-electron chi connectivity index (χ3n) is 3.28. The topological polar surface area (TPSA) is 29.1 Å². The molecule has 0 bridgehead atoms. The molecule has 2 aromatic rings. The van der Waals surface area contributed by atoms with E-state index >= 15 is 0 Å². The fraction of sp³-hybridized carbons (Fsp3) is 0.188. The minimum absolute atomic E-state index is 0.0723. The van der Waals surface area contributed by atoms with Crippen LogP contribution in [0.15, 0.2) is 40.9 Å². The van der Waals surface area contributed by atoms with Gasteiger partial charge in [0.2, 0.25) is 0 Å². The number of nitrogens with one attached hydrogen (secondary N) is 1. The van der Waals surface area contributed by atoms with Crippen LogP contribution < -0.4 is 5.32 Å². The molecule has 1 amide bonds. The first-order chi connectivity index (χ1) is 8.99. The van der Waals surface area contributed by atoms with Crippen LogP contribution in [0.25, 0.3) is 0 Å². The van der Waals surface area contributed by atoms with Gasteiger partial charge in [0.15, 0.2) is 0 Å². The molecule has 0 aliphatic rings. The first-order valence-corrected chi connectivity index (χ1v) is 6.92. The quantitative estimate of drug-likeness (QED) is 0.859. The highest BCUT2D eigenvalue weighted by molar-refractivity contribution is 9.10. The standard InChI is InChI=1S/C16H16BrNO/c1-10-5-4-6-14(12(10)3)16(19)18-13-8-7-11(2)15(17)9-13/h4-9H,1-3H3,(H,18,19). The first kappa shape index (κ1) is 13.8. The Balaban J connectivity index is 2.26. The number of halogens is 1. The molecule has 0 heterocycles. The Bertz CT molecular complexity index is 635. The van der Waals surface area contributed by atoms with Crippen molar-refractivity contribution >= 4 is 27.5 Å². The maximum atomic E-state index is 12.3. The van der Waals surface area contributed by atoms with Crippen LogP contribution in [0, 0.1) is 20.8 Å². The van der Waals surface area contributed by atoms with Gasteiger partial charge in [-0.25, -0.2) is 0 Å². The summed E-state index contributed by atoms with van der Waals surface area (Å²) in [4.78, 5) is 12.3. The number of hydrogen-bond acceptors (Lipinski definition) is 1. The van der Waals surface area contributed by atoms with E-state index in [0.717, 1.165) is 32.4 Å². The van der Waals surface area contributed by atoms with E-state index in [9.17, 15) is 4.79 Å². The molecule has 2 aromatic carbocycles. The van der Waals surface area contributed by atoms with Crippen LogP contribution >= 0.6 is 15.9 Å². The molecule has 19 heavy (non-hydrogen) atoms. The van der Waals surface area contributed by atoms with Crippen molar-refractivity contribution in [2.45, 2.75) is 20.8 Å². The fourth-order valence-electron chi connectivity index (χ4n) is 1.87. The van der Waals surface area contributed by atoms with Gasteiger partial charge in [-0.1, -0.05) is 34.1 Å². The molecule has 0 aromatic heterocycles. The zero-order chi connectivity index (χ0) is 14.0. The van der Waals surface area contributed by atoms with Gasteiger partial charge in [0.1, 0.15) is 0 Å².